The minimum absolute atomic E-state index is 0.150. The van der Waals surface area contributed by atoms with Crippen molar-refractivity contribution in [1.82, 2.24) is 4.98 Å². The number of nitrogens with zero attached hydrogens (tertiary/aromatic N) is 2. The zero-order valence-corrected chi connectivity index (χ0v) is 9.29. The van der Waals surface area contributed by atoms with Gasteiger partial charge in [0.15, 0.2) is 5.69 Å². The molecule has 0 saturated carbocycles. The number of hydrogen-bond donors (Lipinski definition) is 0. The highest BCUT2D eigenvalue weighted by Crippen LogP contribution is 2.32. The second-order valence-electron chi connectivity index (χ2n) is 2.85. The predicted octanol–water partition coefficient (Wildman–Crippen LogP) is 3.13. The average molecular weight is 281 g/mol. The molecule has 0 spiro atoms. The van der Waals surface area contributed by atoms with Crippen LogP contribution < -0.4 is 0 Å². The third-order valence-electron chi connectivity index (χ3n) is 1.92. The summed E-state index contributed by atoms with van der Waals surface area (Å²) in [6.45, 7) is 1.59. The van der Waals surface area contributed by atoms with Gasteiger partial charge in [-0.15, -0.1) is 0 Å². The summed E-state index contributed by atoms with van der Waals surface area (Å²) in [7, 11) is 0. The topological polar surface area (TPSA) is 56.0 Å². The fourth-order valence-corrected chi connectivity index (χ4v) is 1.89. The molecule has 1 aromatic heterocycles. The van der Waals surface area contributed by atoms with Gasteiger partial charge in [0.05, 0.1) is 4.92 Å². The quantitative estimate of drug-likeness (QED) is 0.486. The van der Waals surface area contributed by atoms with E-state index in [-0.39, 0.29) is 10.9 Å². The van der Waals surface area contributed by atoms with Crippen LogP contribution in [0.2, 0.25) is 0 Å². The van der Waals surface area contributed by atoms with E-state index in [1.807, 2.05) is 0 Å². The van der Waals surface area contributed by atoms with Crippen molar-refractivity contribution >= 4 is 21.6 Å². The molecule has 4 nitrogen and oxygen atoms in total. The van der Waals surface area contributed by atoms with Crippen LogP contribution in [0.15, 0.2) is 6.20 Å². The molecule has 0 aliphatic heterocycles. The number of aryl methyl sites for hydroxylation is 1. The summed E-state index contributed by atoms with van der Waals surface area (Å²) in [5.74, 6) is 0. The predicted molar refractivity (Wildman–Crippen MR) is 53.2 cm³/mol. The molecule has 7 heteroatoms. The number of pyridine rings is 1. The summed E-state index contributed by atoms with van der Waals surface area (Å²) in [4.78, 5) is 13.2. The Balaban J connectivity index is 3.49. The molecule has 0 fully saturated rings. The molecule has 0 bridgehead atoms. The maximum Gasteiger partial charge on any atom is 0.300 e. The van der Waals surface area contributed by atoms with Crippen molar-refractivity contribution in [2.24, 2.45) is 0 Å². The molecule has 0 amide bonds. The minimum Gasteiger partial charge on any atom is -0.258 e. The molecule has 0 aliphatic rings. The number of nitro groups is 1. The van der Waals surface area contributed by atoms with Crippen molar-refractivity contribution in [3.63, 3.8) is 0 Å². The zero-order valence-electron chi connectivity index (χ0n) is 7.71. The van der Waals surface area contributed by atoms with E-state index in [9.17, 15) is 18.9 Å². The standard InChI is InChI=1S/C8H7BrF2N2O2/c1-4-3-12-6(8(10)11)7(13(14)15)5(4)2-9/h3,8H,2H2,1H3. The first-order chi connectivity index (χ1) is 6.99. The molecule has 1 aromatic rings. The molecule has 0 atom stereocenters. The Morgan fingerprint density at radius 3 is 2.67 bits per heavy atom. The molecule has 0 N–H and O–H groups in total. The summed E-state index contributed by atoms with van der Waals surface area (Å²) < 4.78 is 24.9. The van der Waals surface area contributed by atoms with Gasteiger partial charge in [0.25, 0.3) is 6.43 Å². The Labute approximate surface area is 92.6 Å². The molecular formula is C8H7BrF2N2O2. The fraction of sp³-hybridized carbons (Fsp3) is 0.375. The van der Waals surface area contributed by atoms with Gasteiger partial charge in [0, 0.05) is 17.1 Å². The summed E-state index contributed by atoms with van der Waals surface area (Å²) in [5, 5.41) is 10.8. The SMILES string of the molecule is Cc1cnc(C(F)F)c([N+](=O)[O-])c1CBr. The lowest BCUT2D eigenvalue weighted by atomic mass is 10.1. The van der Waals surface area contributed by atoms with Crippen molar-refractivity contribution in [3.8, 4) is 0 Å². The Morgan fingerprint density at radius 1 is 1.67 bits per heavy atom. The lowest BCUT2D eigenvalue weighted by Crippen LogP contribution is -2.04. The van der Waals surface area contributed by atoms with E-state index in [2.05, 4.69) is 20.9 Å². The van der Waals surface area contributed by atoms with Gasteiger partial charge in [-0.25, -0.2) is 13.8 Å². The van der Waals surface area contributed by atoms with E-state index in [4.69, 9.17) is 0 Å². The molecule has 0 unspecified atom stereocenters. The molecular weight excluding hydrogens is 274 g/mol. The Morgan fingerprint density at radius 2 is 2.27 bits per heavy atom. The molecule has 0 aliphatic carbocycles. The van der Waals surface area contributed by atoms with Crippen molar-refractivity contribution in [3.05, 3.63) is 33.1 Å². The largest absolute Gasteiger partial charge is 0.300 e. The average Bonchev–Trinajstić information content (AvgIpc) is 2.16. The maximum atomic E-state index is 12.5. The summed E-state index contributed by atoms with van der Waals surface area (Å²) >= 11 is 3.03. The van der Waals surface area contributed by atoms with E-state index >= 15 is 0 Å². The van der Waals surface area contributed by atoms with E-state index < -0.39 is 22.7 Å². The minimum atomic E-state index is -2.94. The van der Waals surface area contributed by atoms with Crippen LogP contribution in [-0.2, 0) is 5.33 Å². The number of alkyl halides is 3. The highest BCUT2D eigenvalue weighted by molar-refractivity contribution is 9.08. The van der Waals surface area contributed by atoms with Crippen LogP contribution in [-0.4, -0.2) is 9.91 Å². The molecule has 1 heterocycles. The molecule has 0 saturated heterocycles. The van der Waals surface area contributed by atoms with Crippen LogP contribution in [0.5, 0.6) is 0 Å². The highest BCUT2D eigenvalue weighted by atomic mass is 79.9. The molecule has 82 valence electrons. The van der Waals surface area contributed by atoms with Crippen LogP contribution in [0, 0.1) is 17.0 Å². The molecule has 15 heavy (non-hydrogen) atoms. The van der Waals surface area contributed by atoms with Gasteiger partial charge in [-0.1, -0.05) is 15.9 Å². The van der Waals surface area contributed by atoms with Gasteiger partial charge in [0.1, 0.15) is 0 Å². The third-order valence-corrected chi connectivity index (χ3v) is 2.49. The number of rotatable bonds is 3. The molecule has 1 rings (SSSR count). The smallest absolute Gasteiger partial charge is 0.258 e. The Bertz CT molecular complexity index is 398. The van der Waals surface area contributed by atoms with Gasteiger partial charge in [-0.3, -0.25) is 10.1 Å². The van der Waals surface area contributed by atoms with Gasteiger partial charge in [-0.05, 0) is 12.5 Å². The van der Waals surface area contributed by atoms with Gasteiger partial charge < -0.3 is 0 Å². The number of halogens is 3. The fourth-order valence-electron chi connectivity index (χ4n) is 1.18. The first kappa shape index (κ1) is 12.0. The third kappa shape index (κ3) is 2.28. The van der Waals surface area contributed by atoms with Crippen LogP contribution in [0.3, 0.4) is 0 Å². The zero-order chi connectivity index (χ0) is 11.6. The summed E-state index contributed by atoms with van der Waals surface area (Å²) in [5.41, 5.74) is -0.616. The normalized spacial score (nSPS) is 10.7. The van der Waals surface area contributed by atoms with Crippen LogP contribution in [0.1, 0.15) is 23.2 Å². The van der Waals surface area contributed by atoms with Crippen LogP contribution in [0.4, 0.5) is 14.5 Å². The molecule has 0 radical (unpaired) electrons. The maximum absolute atomic E-state index is 12.5. The lowest BCUT2D eigenvalue weighted by molar-refractivity contribution is -0.387. The van der Waals surface area contributed by atoms with Crippen molar-refractivity contribution in [2.45, 2.75) is 18.7 Å². The first-order valence-corrected chi connectivity index (χ1v) is 5.08. The van der Waals surface area contributed by atoms with Gasteiger partial charge in [0.2, 0.25) is 0 Å². The first-order valence-electron chi connectivity index (χ1n) is 3.96. The van der Waals surface area contributed by atoms with E-state index in [1.165, 1.54) is 6.20 Å². The van der Waals surface area contributed by atoms with Crippen molar-refractivity contribution < 1.29 is 13.7 Å². The second-order valence-corrected chi connectivity index (χ2v) is 3.41. The van der Waals surface area contributed by atoms with Crippen molar-refractivity contribution in [2.75, 3.05) is 0 Å². The van der Waals surface area contributed by atoms with Crippen LogP contribution >= 0.6 is 15.9 Å². The lowest BCUT2D eigenvalue weighted by Gasteiger charge is -2.06. The van der Waals surface area contributed by atoms with Crippen LogP contribution in [0.25, 0.3) is 0 Å². The number of hydrogen-bond acceptors (Lipinski definition) is 3. The van der Waals surface area contributed by atoms with E-state index in [1.54, 1.807) is 6.92 Å². The van der Waals surface area contributed by atoms with Gasteiger partial charge >= 0.3 is 5.69 Å². The number of aromatic nitrogens is 1. The second kappa shape index (κ2) is 4.61. The van der Waals surface area contributed by atoms with Gasteiger partial charge in [-0.2, -0.15) is 0 Å². The summed E-state index contributed by atoms with van der Waals surface area (Å²) in [6, 6.07) is 0. The highest BCUT2D eigenvalue weighted by Gasteiger charge is 2.27. The Kier molecular flexibility index (Phi) is 3.67. The summed E-state index contributed by atoms with van der Waals surface area (Å²) in [6.07, 6.45) is -1.73. The van der Waals surface area contributed by atoms with E-state index in [0.717, 1.165) is 0 Å². The van der Waals surface area contributed by atoms with Crippen molar-refractivity contribution in [1.29, 1.82) is 0 Å². The van der Waals surface area contributed by atoms with E-state index in [0.29, 0.717) is 5.56 Å². The Hall–Kier alpha value is -1.11. The molecule has 0 aromatic carbocycles. The monoisotopic (exact) mass is 280 g/mol.